The minimum absolute atomic E-state index is 0.0554. The van der Waals surface area contributed by atoms with E-state index in [1.807, 2.05) is 0 Å². The Kier molecular flexibility index (Phi) is 6.75. The quantitative estimate of drug-likeness (QED) is 0.696. The van der Waals surface area contributed by atoms with Crippen molar-refractivity contribution in [3.05, 3.63) is 22.8 Å². The number of rotatable bonds is 6. The number of hydrogen-bond donors (Lipinski definition) is 1. The van der Waals surface area contributed by atoms with Gasteiger partial charge in [0.25, 0.3) is 0 Å². The first-order chi connectivity index (χ1) is 13.6. The maximum atomic E-state index is 12.8. The first-order valence-corrected chi connectivity index (χ1v) is 10.3. The summed E-state index contributed by atoms with van der Waals surface area (Å²) in [7, 11) is 0. The molecule has 3 aliphatic rings. The van der Waals surface area contributed by atoms with Crippen LogP contribution in [0.25, 0.3) is 0 Å². The highest BCUT2D eigenvalue weighted by atomic mass is 16.5. The first-order valence-electron chi connectivity index (χ1n) is 10.3. The van der Waals surface area contributed by atoms with E-state index < -0.39 is 17.9 Å². The first kappa shape index (κ1) is 20.4. The number of ketones is 1. The summed E-state index contributed by atoms with van der Waals surface area (Å²) in [6.07, 6.45) is 6.90. The van der Waals surface area contributed by atoms with Crippen LogP contribution >= 0.6 is 0 Å². The second-order valence-corrected chi connectivity index (χ2v) is 7.34. The van der Waals surface area contributed by atoms with E-state index in [1.54, 1.807) is 13.8 Å². The van der Waals surface area contributed by atoms with Gasteiger partial charge in [-0.1, -0.05) is 19.3 Å². The van der Waals surface area contributed by atoms with E-state index in [1.165, 1.54) is 6.42 Å². The molecule has 1 N–H and O–H groups in total. The molecule has 1 unspecified atom stereocenters. The molecule has 0 aromatic rings. The van der Waals surface area contributed by atoms with E-state index in [0.29, 0.717) is 25.0 Å². The number of esters is 2. The van der Waals surface area contributed by atoms with Crippen molar-refractivity contribution in [3.8, 4) is 0 Å². The largest absolute Gasteiger partial charge is 0.465 e. The summed E-state index contributed by atoms with van der Waals surface area (Å²) >= 11 is 0. The van der Waals surface area contributed by atoms with Gasteiger partial charge in [-0.05, 0) is 33.1 Å². The monoisotopic (exact) mass is 391 g/mol. The Morgan fingerprint density at radius 1 is 1.04 bits per heavy atom. The van der Waals surface area contributed by atoms with Gasteiger partial charge < -0.3 is 19.5 Å². The molecule has 2 aliphatic carbocycles. The van der Waals surface area contributed by atoms with Crippen LogP contribution in [0.2, 0.25) is 0 Å². The molecule has 1 aliphatic heterocycles. The molecule has 1 fully saturated rings. The molecule has 0 saturated heterocycles. The van der Waals surface area contributed by atoms with E-state index >= 15 is 0 Å². The average Bonchev–Trinajstić information content (AvgIpc) is 2.68. The lowest BCUT2D eigenvalue weighted by Gasteiger charge is -2.34. The zero-order valence-electron chi connectivity index (χ0n) is 16.7. The van der Waals surface area contributed by atoms with Crippen molar-refractivity contribution in [2.24, 2.45) is 5.92 Å². The number of carbonyl (C=O) groups is 3. The summed E-state index contributed by atoms with van der Waals surface area (Å²) in [6, 6.07) is 0.164. The Morgan fingerprint density at radius 2 is 1.75 bits per heavy atom. The number of allylic oxidation sites excluding steroid dienone is 1. The van der Waals surface area contributed by atoms with Gasteiger partial charge in [-0.3, -0.25) is 9.59 Å². The standard InChI is InChI=1S/C21H29NO6/c1-3-26-20(24)17-16-14(23)11-8-12-15(16)28-19(18(17)21(25)27-4-2)22-13-9-6-5-7-10-13/h13,17,22H,3-12H2,1-2H3. The van der Waals surface area contributed by atoms with E-state index in [0.717, 1.165) is 25.7 Å². The van der Waals surface area contributed by atoms with Gasteiger partial charge in [0.05, 0.1) is 18.8 Å². The third-order valence-corrected chi connectivity index (χ3v) is 5.41. The Bertz CT molecular complexity index is 702. The fourth-order valence-electron chi connectivity index (χ4n) is 4.14. The highest BCUT2D eigenvalue weighted by molar-refractivity contribution is 6.08. The van der Waals surface area contributed by atoms with E-state index in [2.05, 4.69) is 5.32 Å². The summed E-state index contributed by atoms with van der Waals surface area (Å²) in [6.45, 7) is 3.72. The minimum atomic E-state index is -1.10. The molecule has 0 radical (unpaired) electrons. The zero-order valence-corrected chi connectivity index (χ0v) is 16.7. The normalized spacial score (nSPS) is 23.1. The SMILES string of the molecule is CCOC(=O)C1=C(NC2CCCCC2)OC2=C(C(=O)CCC2)C1C(=O)OCC. The molecule has 3 rings (SSSR count). The van der Waals surface area contributed by atoms with Crippen molar-refractivity contribution in [2.75, 3.05) is 13.2 Å². The van der Waals surface area contributed by atoms with Crippen LogP contribution in [0.3, 0.4) is 0 Å². The molecule has 7 nitrogen and oxygen atoms in total. The maximum absolute atomic E-state index is 12.8. The molecule has 0 bridgehead atoms. The lowest BCUT2D eigenvalue weighted by molar-refractivity contribution is -0.150. The third kappa shape index (κ3) is 4.23. The van der Waals surface area contributed by atoms with Gasteiger partial charge in [0.1, 0.15) is 17.3 Å². The highest BCUT2D eigenvalue weighted by Crippen LogP contribution is 2.40. The van der Waals surface area contributed by atoms with Gasteiger partial charge in [0.2, 0.25) is 5.88 Å². The van der Waals surface area contributed by atoms with Gasteiger partial charge in [0, 0.05) is 18.9 Å². The molecule has 154 valence electrons. The Balaban J connectivity index is 2.03. The molecular weight excluding hydrogens is 362 g/mol. The lowest BCUT2D eigenvalue weighted by atomic mass is 9.80. The van der Waals surface area contributed by atoms with Gasteiger partial charge in [0.15, 0.2) is 5.78 Å². The minimum Gasteiger partial charge on any atom is -0.465 e. The molecule has 0 amide bonds. The van der Waals surface area contributed by atoms with E-state index in [-0.39, 0.29) is 42.1 Å². The van der Waals surface area contributed by atoms with Gasteiger partial charge in [-0.2, -0.15) is 0 Å². The number of nitrogens with one attached hydrogen (secondary N) is 1. The van der Waals surface area contributed by atoms with Gasteiger partial charge in [-0.25, -0.2) is 4.79 Å². The van der Waals surface area contributed by atoms with Crippen LogP contribution in [0.15, 0.2) is 22.8 Å². The fourth-order valence-corrected chi connectivity index (χ4v) is 4.14. The maximum Gasteiger partial charge on any atom is 0.340 e. The average molecular weight is 391 g/mol. The topological polar surface area (TPSA) is 90.9 Å². The molecule has 1 saturated carbocycles. The predicted octanol–water partition coefficient (Wildman–Crippen LogP) is 2.90. The number of carbonyl (C=O) groups excluding carboxylic acids is 3. The zero-order chi connectivity index (χ0) is 20.1. The van der Waals surface area contributed by atoms with E-state index in [4.69, 9.17) is 14.2 Å². The van der Waals surface area contributed by atoms with Crippen LogP contribution in [0.4, 0.5) is 0 Å². The fraction of sp³-hybridized carbons (Fsp3) is 0.667. The van der Waals surface area contributed by atoms with Crippen molar-refractivity contribution in [1.29, 1.82) is 0 Å². The van der Waals surface area contributed by atoms with Gasteiger partial charge in [-0.15, -0.1) is 0 Å². The Morgan fingerprint density at radius 3 is 2.43 bits per heavy atom. The lowest BCUT2D eigenvalue weighted by Crippen LogP contribution is -2.41. The van der Waals surface area contributed by atoms with Crippen LogP contribution in [0.1, 0.15) is 65.2 Å². The van der Waals surface area contributed by atoms with Crippen molar-refractivity contribution < 1.29 is 28.6 Å². The molecule has 28 heavy (non-hydrogen) atoms. The van der Waals surface area contributed by atoms with Crippen molar-refractivity contribution >= 4 is 17.7 Å². The van der Waals surface area contributed by atoms with Crippen LogP contribution in [0.5, 0.6) is 0 Å². The van der Waals surface area contributed by atoms with Crippen LogP contribution in [-0.4, -0.2) is 37.0 Å². The molecule has 1 heterocycles. The third-order valence-electron chi connectivity index (χ3n) is 5.41. The molecule has 1 atom stereocenters. The molecule has 0 aromatic heterocycles. The molecule has 0 spiro atoms. The summed E-state index contributed by atoms with van der Waals surface area (Å²) in [5, 5.41) is 3.33. The Hall–Kier alpha value is -2.31. The van der Waals surface area contributed by atoms with Crippen molar-refractivity contribution in [2.45, 2.75) is 71.3 Å². The highest BCUT2D eigenvalue weighted by Gasteiger charge is 2.46. The van der Waals surface area contributed by atoms with Crippen LogP contribution in [-0.2, 0) is 28.6 Å². The van der Waals surface area contributed by atoms with Gasteiger partial charge >= 0.3 is 11.9 Å². The Labute approximate surface area is 165 Å². The van der Waals surface area contributed by atoms with Crippen LogP contribution < -0.4 is 5.32 Å². The summed E-state index contributed by atoms with van der Waals surface area (Å²) in [4.78, 5) is 38.3. The molecule has 7 heteroatoms. The molecule has 0 aromatic carbocycles. The van der Waals surface area contributed by atoms with E-state index in [9.17, 15) is 14.4 Å². The smallest absolute Gasteiger partial charge is 0.340 e. The summed E-state index contributed by atoms with van der Waals surface area (Å²) in [5.74, 6) is -1.81. The summed E-state index contributed by atoms with van der Waals surface area (Å²) in [5.41, 5.74) is 0.307. The number of hydrogen-bond acceptors (Lipinski definition) is 7. The number of ether oxygens (including phenoxy) is 3. The second kappa shape index (κ2) is 9.26. The predicted molar refractivity (Wildman–Crippen MR) is 101 cm³/mol. The number of Topliss-reactive ketones (excluding diaryl/α,β-unsaturated/α-hetero) is 1. The van der Waals surface area contributed by atoms with Crippen molar-refractivity contribution in [3.63, 3.8) is 0 Å². The van der Waals surface area contributed by atoms with Crippen molar-refractivity contribution in [1.82, 2.24) is 5.32 Å². The second-order valence-electron chi connectivity index (χ2n) is 7.34. The van der Waals surface area contributed by atoms with Crippen LogP contribution in [0, 0.1) is 5.92 Å². The summed E-state index contributed by atoms with van der Waals surface area (Å²) < 4.78 is 16.5. The molecular formula is C21H29NO6.